The number of rotatable bonds is 3. The third kappa shape index (κ3) is 2.71. The highest BCUT2D eigenvalue weighted by Crippen LogP contribution is 2.29. The first kappa shape index (κ1) is 11.8. The second-order valence-electron chi connectivity index (χ2n) is 3.28. The second-order valence-corrected chi connectivity index (χ2v) is 3.62. The van der Waals surface area contributed by atoms with E-state index in [1.165, 1.54) is 12.1 Å². The van der Waals surface area contributed by atoms with Gasteiger partial charge in [0, 0.05) is 17.8 Å². The standard InChI is InChI=1S/C12H10ClFN2O/c1-2-17-11-7-8(14)3-4-9(11)10-5-6-15-12(13)16-10/h3-7H,2H2,1H3. The molecule has 1 aromatic heterocycles. The fraction of sp³-hybridized carbons (Fsp3) is 0.167. The summed E-state index contributed by atoms with van der Waals surface area (Å²) in [5, 5.41) is 0.147. The van der Waals surface area contributed by atoms with Crippen LogP contribution in [0.4, 0.5) is 4.39 Å². The topological polar surface area (TPSA) is 35.0 Å². The Kier molecular flexibility index (Phi) is 3.54. The first-order chi connectivity index (χ1) is 8.20. The van der Waals surface area contributed by atoms with Crippen LogP contribution in [0, 0.1) is 5.82 Å². The lowest BCUT2D eigenvalue weighted by Crippen LogP contribution is -1.96. The summed E-state index contributed by atoms with van der Waals surface area (Å²) in [7, 11) is 0. The molecule has 88 valence electrons. The van der Waals surface area contributed by atoms with Crippen molar-refractivity contribution in [2.24, 2.45) is 0 Å². The van der Waals surface area contributed by atoms with Crippen LogP contribution < -0.4 is 4.74 Å². The van der Waals surface area contributed by atoms with E-state index >= 15 is 0 Å². The van der Waals surface area contributed by atoms with Crippen LogP contribution in [0.25, 0.3) is 11.3 Å². The Morgan fingerprint density at radius 2 is 2.18 bits per heavy atom. The summed E-state index contributed by atoms with van der Waals surface area (Å²) >= 11 is 5.72. The summed E-state index contributed by atoms with van der Waals surface area (Å²) in [4.78, 5) is 7.87. The molecule has 2 rings (SSSR count). The van der Waals surface area contributed by atoms with E-state index in [-0.39, 0.29) is 11.1 Å². The Balaban J connectivity index is 2.50. The fourth-order valence-corrected chi connectivity index (χ4v) is 1.62. The van der Waals surface area contributed by atoms with Gasteiger partial charge < -0.3 is 4.74 Å². The number of hydrogen-bond donors (Lipinski definition) is 0. The molecule has 3 nitrogen and oxygen atoms in total. The number of ether oxygens (including phenoxy) is 1. The predicted octanol–water partition coefficient (Wildman–Crippen LogP) is 3.33. The Labute approximate surface area is 103 Å². The molecule has 0 fully saturated rings. The molecule has 0 aliphatic heterocycles. The minimum absolute atomic E-state index is 0.147. The number of benzene rings is 1. The van der Waals surface area contributed by atoms with Crippen LogP contribution in [0.3, 0.4) is 0 Å². The smallest absolute Gasteiger partial charge is 0.222 e. The molecular weight excluding hydrogens is 243 g/mol. The SMILES string of the molecule is CCOc1cc(F)ccc1-c1ccnc(Cl)n1. The van der Waals surface area contributed by atoms with E-state index in [9.17, 15) is 4.39 Å². The van der Waals surface area contributed by atoms with E-state index in [1.54, 1.807) is 18.3 Å². The molecule has 0 bridgehead atoms. The zero-order valence-electron chi connectivity index (χ0n) is 9.15. The van der Waals surface area contributed by atoms with Gasteiger partial charge in [-0.3, -0.25) is 0 Å². The lowest BCUT2D eigenvalue weighted by atomic mass is 10.1. The van der Waals surface area contributed by atoms with Gasteiger partial charge in [0.05, 0.1) is 12.3 Å². The van der Waals surface area contributed by atoms with Crippen molar-refractivity contribution < 1.29 is 9.13 Å². The summed E-state index contributed by atoms with van der Waals surface area (Å²) in [5.41, 5.74) is 1.30. The van der Waals surface area contributed by atoms with Crippen LogP contribution >= 0.6 is 11.6 Å². The maximum atomic E-state index is 13.1. The van der Waals surface area contributed by atoms with Gasteiger partial charge in [0.2, 0.25) is 5.28 Å². The lowest BCUT2D eigenvalue weighted by Gasteiger charge is -2.09. The van der Waals surface area contributed by atoms with E-state index in [1.807, 2.05) is 6.92 Å². The average Bonchev–Trinajstić information content (AvgIpc) is 2.29. The maximum absolute atomic E-state index is 13.1. The third-order valence-electron chi connectivity index (χ3n) is 2.15. The van der Waals surface area contributed by atoms with Gasteiger partial charge in [-0.15, -0.1) is 0 Å². The van der Waals surface area contributed by atoms with Crippen LogP contribution in [-0.2, 0) is 0 Å². The van der Waals surface area contributed by atoms with Gasteiger partial charge in [0.15, 0.2) is 0 Å². The number of nitrogens with zero attached hydrogens (tertiary/aromatic N) is 2. The number of hydrogen-bond acceptors (Lipinski definition) is 3. The van der Waals surface area contributed by atoms with E-state index in [0.29, 0.717) is 23.6 Å². The van der Waals surface area contributed by atoms with Crippen molar-refractivity contribution in [2.45, 2.75) is 6.92 Å². The molecule has 0 aliphatic rings. The Morgan fingerprint density at radius 1 is 1.35 bits per heavy atom. The molecule has 0 unspecified atom stereocenters. The molecule has 17 heavy (non-hydrogen) atoms. The largest absolute Gasteiger partial charge is 0.493 e. The Bertz CT molecular complexity index is 534. The molecule has 0 saturated heterocycles. The number of aromatic nitrogens is 2. The third-order valence-corrected chi connectivity index (χ3v) is 2.33. The van der Waals surface area contributed by atoms with Gasteiger partial charge in [0.25, 0.3) is 0 Å². The molecule has 0 amide bonds. The van der Waals surface area contributed by atoms with E-state index in [4.69, 9.17) is 16.3 Å². The maximum Gasteiger partial charge on any atom is 0.222 e. The molecule has 1 heterocycles. The van der Waals surface area contributed by atoms with E-state index < -0.39 is 0 Å². The molecule has 0 N–H and O–H groups in total. The molecule has 5 heteroatoms. The van der Waals surface area contributed by atoms with Crippen LogP contribution in [0.1, 0.15) is 6.92 Å². The molecule has 2 aromatic rings. The Hall–Kier alpha value is -1.68. The van der Waals surface area contributed by atoms with E-state index in [0.717, 1.165) is 0 Å². The highest BCUT2D eigenvalue weighted by Gasteiger charge is 2.09. The normalized spacial score (nSPS) is 10.3. The van der Waals surface area contributed by atoms with Crippen molar-refractivity contribution in [2.75, 3.05) is 6.61 Å². The fourth-order valence-electron chi connectivity index (χ4n) is 1.47. The molecule has 0 atom stereocenters. The zero-order valence-corrected chi connectivity index (χ0v) is 9.91. The minimum Gasteiger partial charge on any atom is -0.493 e. The first-order valence-electron chi connectivity index (χ1n) is 5.12. The van der Waals surface area contributed by atoms with Crippen LogP contribution in [-0.4, -0.2) is 16.6 Å². The summed E-state index contributed by atoms with van der Waals surface area (Å²) in [5.74, 6) is 0.0969. The first-order valence-corrected chi connectivity index (χ1v) is 5.49. The zero-order chi connectivity index (χ0) is 12.3. The van der Waals surface area contributed by atoms with Crippen molar-refractivity contribution in [1.82, 2.24) is 9.97 Å². The van der Waals surface area contributed by atoms with Crippen LogP contribution in [0.2, 0.25) is 5.28 Å². The Morgan fingerprint density at radius 3 is 2.88 bits per heavy atom. The van der Waals surface area contributed by atoms with Crippen molar-refractivity contribution >= 4 is 11.6 Å². The molecule has 0 radical (unpaired) electrons. The van der Waals surface area contributed by atoms with E-state index in [2.05, 4.69) is 9.97 Å². The number of halogens is 2. The molecule has 0 aliphatic carbocycles. The second kappa shape index (κ2) is 5.10. The summed E-state index contributed by atoms with van der Waals surface area (Å²) < 4.78 is 18.5. The van der Waals surface area contributed by atoms with Gasteiger partial charge in [-0.05, 0) is 36.7 Å². The van der Waals surface area contributed by atoms with Crippen molar-refractivity contribution in [3.63, 3.8) is 0 Å². The van der Waals surface area contributed by atoms with Gasteiger partial charge in [-0.25, -0.2) is 14.4 Å². The minimum atomic E-state index is -0.350. The summed E-state index contributed by atoms with van der Waals surface area (Å²) in [6.07, 6.45) is 1.55. The highest BCUT2D eigenvalue weighted by atomic mass is 35.5. The molecule has 1 aromatic carbocycles. The molecular formula is C12H10ClFN2O. The van der Waals surface area contributed by atoms with Gasteiger partial charge in [0.1, 0.15) is 11.6 Å². The van der Waals surface area contributed by atoms with Gasteiger partial charge in [-0.2, -0.15) is 0 Å². The molecule has 0 spiro atoms. The van der Waals surface area contributed by atoms with Gasteiger partial charge >= 0.3 is 0 Å². The lowest BCUT2D eigenvalue weighted by molar-refractivity contribution is 0.339. The highest BCUT2D eigenvalue weighted by molar-refractivity contribution is 6.28. The quantitative estimate of drug-likeness (QED) is 0.786. The predicted molar refractivity (Wildman–Crippen MR) is 63.6 cm³/mol. The molecule has 0 saturated carbocycles. The monoisotopic (exact) mass is 252 g/mol. The van der Waals surface area contributed by atoms with Crippen molar-refractivity contribution in [3.8, 4) is 17.0 Å². The van der Waals surface area contributed by atoms with Crippen LogP contribution in [0.15, 0.2) is 30.5 Å². The average molecular weight is 253 g/mol. The van der Waals surface area contributed by atoms with Crippen molar-refractivity contribution in [1.29, 1.82) is 0 Å². The van der Waals surface area contributed by atoms with Gasteiger partial charge in [-0.1, -0.05) is 0 Å². The van der Waals surface area contributed by atoms with Crippen LogP contribution in [0.5, 0.6) is 5.75 Å². The summed E-state index contributed by atoms with van der Waals surface area (Å²) in [6.45, 7) is 2.29. The summed E-state index contributed by atoms with van der Waals surface area (Å²) in [6, 6.07) is 5.99. The van der Waals surface area contributed by atoms with Crippen molar-refractivity contribution in [3.05, 3.63) is 41.6 Å².